The lowest BCUT2D eigenvalue weighted by Gasteiger charge is -2.08. The molecule has 0 atom stereocenters. The van der Waals surface area contributed by atoms with Crippen LogP contribution < -0.4 is 14.8 Å². The quantitative estimate of drug-likeness (QED) is 0.870. The van der Waals surface area contributed by atoms with Crippen molar-refractivity contribution in [3.05, 3.63) is 35.3 Å². The van der Waals surface area contributed by atoms with Gasteiger partial charge >= 0.3 is 0 Å². The second kappa shape index (κ2) is 6.26. The molecule has 0 saturated heterocycles. The van der Waals surface area contributed by atoms with E-state index >= 15 is 0 Å². The fourth-order valence-electron chi connectivity index (χ4n) is 1.49. The predicted octanol–water partition coefficient (Wildman–Crippen LogP) is 3.16. The van der Waals surface area contributed by atoms with Crippen LogP contribution in [0.4, 0.5) is 5.13 Å². The van der Waals surface area contributed by atoms with Crippen LogP contribution in [0.25, 0.3) is 0 Å². The third kappa shape index (κ3) is 3.13. The highest BCUT2D eigenvalue weighted by molar-refractivity contribution is 7.15. The predicted molar refractivity (Wildman–Crippen MR) is 73.6 cm³/mol. The number of nitrogens with zero attached hydrogens (tertiary/aromatic N) is 1. The van der Waals surface area contributed by atoms with Gasteiger partial charge in [0.15, 0.2) is 16.6 Å². The van der Waals surface area contributed by atoms with Gasteiger partial charge in [0.1, 0.15) is 6.61 Å². The molecule has 0 radical (unpaired) electrons. The summed E-state index contributed by atoms with van der Waals surface area (Å²) >= 11 is 1.60. The highest BCUT2D eigenvalue weighted by Gasteiger charge is 2.05. The molecule has 0 aliphatic carbocycles. The molecule has 4 nitrogen and oxygen atoms in total. The lowest BCUT2D eigenvalue weighted by molar-refractivity contribution is 0.287. The first-order valence-electron chi connectivity index (χ1n) is 5.78. The number of anilines is 1. The summed E-state index contributed by atoms with van der Waals surface area (Å²) in [7, 11) is 1.64. The average molecular weight is 264 g/mol. The van der Waals surface area contributed by atoms with Crippen LogP contribution in [-0.4, -0.2) is 18.6 Å². The Morgan fingerprint density at radius 3 is 2.78 bits per heavy atom. The number of nitrogens with one attached hydrogen (secondary N) is 1. The largest absolute Gasteiger partial charge is 0.493 e. The minimum atomic E-state index is 0.503. The Bertz CT molecular complexity index is 499. The number of benzene rings is 1. The van der Waals surface area contributed by atoms with E-state index < -0.39 is 0 Å². The zero-order valence-corrected chi connectivity index (χ0v) is 11.3. The molecule has 0 saturated carbocycles. The molecular formula is C13H16N2O2S. The number of aromatic nitrogens is 1. The minimum Gasteiger partial charge on any atom is -0.493 e. The van der Waals surface area contributed by atoms with Gasteiger partial charge in [-0.25, -0.2) is 4.98 Å². The molecule has 0 aliphatic heterocycles. The molecule has 5 heteroatoms. The zero-order valence-electron chi connectivity index (χ0n) is 10.5. The first-order valence-corrected chi connectivity index (χ1v) is 6.59. The van der Waals surface area contributed by atoms with Crippen LogP contribution in [0.2, 0.25) is 0 Å². The highest BCUT2D eigenvalue weighted by atomic mass is 32.1. The van der Waals surface area contributed by atoms with Crippen LogP contribution in [0.5, 0.6) is 11.5 Å². The molecule has 0 amide bonds. The van der Waals surface area contributed by atoms with Crippen molar-refractivity contribution in [1.29, 1.82) is 0 Å². The third-order valence-corrected chi connectivity index (χ3v) is 3.25. The maximum atomic E-state index is 5.72. The molecule has 0 unspecified atom stereocenters. The van der Waals surface area contributed by atoms with Gasteiger partial charge in [-0.1, -0.05) is 23.5 Å². The van der Waals surface area contributed by atoms with Crippen molar-refractivity contribution in [3.63, 3.8) is 0 Å². The maximum absolute atomic E-state index is 5.72. The SMILES string of the molecule is CCNc1ncc(COc2ccccc2OC)s1. The van der Waals surface area contributed by atoms with Gasteiger partial charge in [0.2, 0.25) is 0 Å². The molecule has 2 aromatic rings. The van der Waals surface area contributed by atoms with E-state index in [9.17, 15) is 0 Å². The summed E-state index contributed by atoms with van der Waals surface area (Å²) in [6.07, 6.45) is 1.83. The van der Waals surface area contributed by atoms with Gasteiger partial charge in [-0.05, 0) is 19.1 Å². The van der Waals surface area contributed by atoms with Crippen molar-refractivity contribution in [2.75, 3.05) is 19.0 Å². The van der Waals surface area contributed by atoms with Crippen molar-refractivity contribution in [2.24, 2.45) is 0 Å². The van der Waals surface area contributed by atoms with Crippen LogP contribution in [-0.2, 0) is 6.61 Å². The molecule has 1 heterocycles. The molecule has 2 rings (SSSR count). The minimum absolute atomic E-state index is 0.503. The van der Waals surface area contributed by atoms with Crippen LogP contribution >= 0.6 is 11.3 Å². The number of hydrogen-bond acceptors (Lipinski definition) is 5. The Balaban J connectivity index is 1.97. The molecule has 18 heavy (non-hydrogen) atoms. The normalized spacial score (nSPS) is 10.1. The Morgan fingerprint density at radius 1 is 1.28 bits per heavy atom. The van der Waals surface area contributed by atoms with E-state index in [0.717, 1.165) is 28.1 Å². The maximum Gasteiger partial charge on any atom is 0.182 e. The lowest BCUT2D eigenvalue weighted by Crippen LogP contribution is -1.95. The van der Waals surface area contributed by atoms with Crippen molar-refractivity contribution in [3.8, 4) is 11.5 Å². The summed E-state index contributed by atoms with van der Waals surface area (Å²) < 4.78 is 11.0. The van der Waals surface area contributed by atoms with Crippen LogP contribution in [0.15, 0.2) is 30.5 Å². The van der Waals surface area contributed by atoms with E-state index in [1.54, 1.807) is 18.4 Å². The monoisotopic (exact) mass is 264 g/mol. The van der Waals surface area contributed by atoms with E-state index in [0.29, 0.717) is 6.61 Å². The number of hydrogen-bond donors (Lipinski definition) is 1. The van der Waals surface area contributed by atoms with Gasteiger partial charge in [0, 0.05) is 12.7 Å². The molecule has 0 spiro atoms. The summed E-state index contributed by atoms with van der Waals surface area (Å²) in [6.45, 7) is 3.43. The van der Waals surface area contributed by atoms with Gasteiger partial charge in [-0.3, -0.25) is 0 Å². The fraction of sp³-hybridized carbons (Fsp3) is 0.308. The molecule has 0 aliphatic rings. The zero-order chi connectivity index (χ0) is 12.8. The summed E-state index contributed by atoms with van der Waals surface area (Å²) in [5.41, 5.74) is 0. The lowest BCUT2D eigenvalue weighted by atomic mass is 10.3. The summed E-state index contributed by atoms with van der Waals surface area (Å²) in [4.78, 5) is 5.34. The van der Waals surface area contributed by atoms with Gasteiger partial charge in [-0.2, -0.15) is 0 Å². The Kier molecular flexibility index (Phi) is 4.41. The smallest absolute Gasteiger partial charge is 0.182 e. The van der Waals surface area contributed by atoms with Crippen molar-refractivity contribution in [2.45, 2.75) is 13.5 Å². The van der Waals surface area contributed by atoms with E-state index in [1.165, 1.54) is 0 Å². The van der Waals surface area contributed by atoms with Crippen LogP contribution in [0.3, 0.4) is 0 Å². The molecule has 1 N–H and O–H groups in total. The molecule has 1 aromatic heterocycles. The number of thiazole rings is 1. The van der Waals surface area contributed by atoms with Gasteiger partial charge in [-0.15, -0.1) is 0 Å². The van der Waals surface area contributed by atoms with Gasteiger partial charge in [0.05, 0.1) is 12.0 Å². The number of methoxy groups -OCH3 is 1. The standard InChI is InChI=1S/C13H16N2O2S/c1-3-14-13-15-8-10(18-13)9-17-12-7-5-4-6-11(12)16-2/h4-8H,3,9H2,1-2H3,(H,14,15). The number of rotatable bonds is 6. The van der Waals surface area contributed by atoms with E-state index in [1.807, 2.05) is 37.4 Å². The first-order chi connectivity index (χ1) is 8.83. The van der Waals surface area contributed by atoms with Crippen LogP contribution in [0.1, 0.15) is 11.8 Å². The number of ether oxygens (including phenoxy) is 2. The average Bonchev–Trinajstić information content (AvgIpc) is 2.85. The molecule has 0 bridgehead atoms. The van der Waals surface area contributed by atoms with Gasteiger partial charge < -0.3 is 14.8 Å². The van der Waals surface area contributed by atoms with Crippen LogP contribution in [0, 0.1) is 0 Å². The summed E-state index contributed by atoms with van der Waals surface area (Å²) in [5, 5.41) is 4.10. The van der Waals surface area contributed by atoms with E-state index in [2.05, 4.69) is 10.3 Å². The first kappa shape index (κ1) is 12.7. The van der Waals surface area contributed by atoms with E-state index in [4.69, 9.17) is 9.47 Å². The number of para-hydroxylation sites is 2. The molecule has 96 valence electrons. The van der Waals surface area contributed by atoms with Crippen molar-refractivity contribution in [1.82, 2.24) is 4.98 Å². The fourth-order valence-corrected chi connectivity index (χ4v) is 2.29. The summed E-state index contributed by atoms with van der Waals surface area (Å²) in [6, 6.07) is 7.62. The van der Waals surface area contributed by atoms with Crippen molar-refractivity contribution < 1.29 is 9.47 Å². The molecule has 1 aromatic carbocycles. The molecular weight excluding hydrogens is 248 g/mol. The molecule has 0 fully saturated rings. The topological polar surface area (TPSA) is 43.4 Å². The van der Waals surface area contributed by atoms with E-state index in [-0.39, 0.29) is 0 Å². The van der Waals surface area contributed by atoms with Crippen molar-refractivity contribution >= 4 is 16.5 Å². The second-order valence-electron chi connectivity index (χ2n) is 3.60. The third-order valence-electron chi connectivity index (χ3n) is 2.32. The Labute approximate surface area is 111 Å². The summed E-state index contributed by atoms with van der Waals surface area (Å²) in [5.74, 6) is 1.49. The van der Waals surface area contributed by atoms with Gasteiger partial charge in [0.25, 0.3) is 0 Å². The highest BCUT2D eigenvalue weighted by Crippen LogP contribution is 2.27. The second-order valence-corrected chi connectivity index (χ2v) is 4.72. The Hall–Kier alpha value is -1.75. The Morgan fingerprint density at radius 2 is 2.06 bits per heavy atom.